The van der Waals surface area contributed by atoms with Crippen molar-refractivity contribution in [1.29, 1.82) is 0 Å². The molecule has 114 valence electrons. The number of benzene rings is 1. The molecule has 1 aromatic carbocycles. The molecule has 0 aliphatic heterocycles. The van der Waals surface area contributed by atoms with Crippen LogP contribution < -0.4 is 10.1 Å². The lowest BCUT2D eigenvalue weighted by atomic mass is 10.2. The molecular formula is C13H16N2O6. The van der Waals surface area contributed by atoms with Crippen LogP contribution in [0.5, 0.6) is 5.75 Å². The summed E-state index contributed by atoms with van der Waals surface area (Å²) in [7, 11) is 0. The summed E-state index contributed by atoms with van der Waals surface area (Å²) in [5.41, 5.74) is -1.02. The summed E-state index contributed by atoms with van der Waals surface area (Å²) < 4.78 is 9.77. The third kappa shape index (κ3) is 5.89. The van der Waals surface area contributed by atoms with E-state index in [-0.39, 0.29) is 11.4 Å². The molecule has 0 aliphatic carbocycles. The Bertz CT molecular complexity index is 550. The van der Waals surface area contributed by atoms with Crippen LogP contribution in [0.2, 0.25) is 0 Å². The molecule has 0 heterocycles. The molecular weight excluding hydrogens is 280 g/mol. The number of hydrogen-bond acceptors (Lipinski definition) is 6. The standard InChI is InChI=1S/C13H16N2O6/c1-13(2,3)21-12(17)14-8-11(16)20-10-7-5-4-6-9(10)15(18)19/h4-7H,8H2,1-3H3,(H,14,17). The topological polar surface area (TPSA) is 108 Å². The molecule has 1 N–H and O–H groups in total. The van der Waals surface area contributed by atoms with Crippen LogP contribution in [0.4, 0.5) is 10.5 Å². The largest absolute Gasteiger partial charge is 0.444 e. The van der Waals surface area contributed by atoms with E-state index >= 15 is 0 Å². The number of carbonyl (C=O) groups is 2. The van der Waals surface area contributed by atoms with Crippen molar-refractivity contribution in [2.45, 2.75) is 26.4 Å². The Morgan fingerprint density at radius 3 is 2.48 bits per heavy atom. The fourth-order valence-corrected chi connectivity index (χ4v) is 1.31. The molecule has 8 nitrogen and oxygen atoms in total. The summed E-state index contributed by atoms with van der Waals surface area (Å²) in [4.78, 5) is 33.0. The molecule has 0 saturated heterocycles. The number of ether oxygens (including phenoxy) is 2. The predicted octanol–water partition coefficient (Wildman–Crippen LogP) is 2.02. The first-order valence-electron chi connectivity index (χ1n) is 6.10. The normalized spacial score (nSPS) is 10.6. The Kier molecular flexibility index (Phi) is 5.23. The summed E-state index contributed by atoms with van der Waals surface area (Å²) in [6.45, 7) is 4.58. The van der Waals surface area contributed by atoms with Gasteiger partial charge in [-0.25, -0.2) is 9.59 Å². The first-order chi connectivity index (χ1) is 9.69. The fraction of sp³-hybridized carbons (Fsp3) is 0.385. The van der Waals surface area contributed by atoms with E-state index in [1.54, 1.807) is 20.8 Å². The van der Waals surface area contributed by atoms with Crippen molar-refractivity contribution in [3.8, 4) is 5.75 Å². The summed E-state index contributed by atoms with van der Waals surface area (Å²) in [5, 5.41) is 13.0. The number of nitro benzene ring substituents is 1. The van der Waals surface area contributed by atoms with Crippen molar-refractivity contribution >= 4 is 17.7 Å². The van der Waals surface area contributed by atoms with Crippen molar-refractivity contribution in [2.24, 2.45) is 0 Å². The minimum absolute atomic E-state index is 0.182. The Hall–Kier alpha value is -2.64. The van der Waals surface area contributed by atoms with Crippen LogP contribution in [-0.4, -0.2) is 29.1 Å². The second-order valence-electron chi connectivity index (χ2n) is 5.05. The van der Waals surface area contributed by atoms with Gasteiger partial charge in [0.15, 0.2) is 0 Å². The first kappa shape index (κ1) is 16.4. The maximum atomic E-state index is 11.5. The first-order valence-corrected chi connectivity index (χ1v) is 6.10. The molecule has 1 amide bonds. The van der Waals surface area contributed by atoms with E-state index in [9.17, 15) is 19.7 Å². The molecule has 0 bridgehead atoms. The monoisotopic (exact) mass is 296 g/mol. The van der Waals surface area contributed by atoms with Crippen molar-refractivity contribution < 1.29 is 24.0 Å². The average Bonchev–Trinajstić information content (AvgIpc) is 2.35. The van der Waals surface area contributed by atoms with Crippen LogP contribution in [0.15, 0.2) is 24.3 Å². The lowest BCUT2D eigenvalue weighted by molar-refractivity contribution is -0.385. The maximum absolute atomic E-state index is 11.5. The SMILES string of the molecule is CC(C)(C)OC(=O)NCC(=O)Oc1ccccc1[N+](=O)[O-]. The maximum Gasteiger partial charge on any atom is 0.408 e. The van der Waals surface area contributed by atoms with E-state index in [4.69, 9.17) is 9.47 Å². The van der Waals surface area contributed by atoms with Crippen LogP contribution in [0, 0.1) is 10.1 Å². The third-order valence-electron chi connectivity index (χ3n) is 2.06. The average molecular weight is 296 g/mol. The smallest absolute Gasteiger partial charge is 0.408 e. The number of rotatable bonds is 4. The van der Waals surface area contributed by atoms with Crippen molar-refractivity contribution in [3.63, 3.8) is 0 Å². The van der Waals surface area contributed by atoms with Crippen LogP contribution >= 0.6 is 0 Å². The van der Waals surface area contributed by atoms with Crippen molar-refractivity contribution in [1.82, 2.24) is 5.32 Å². The quantitative estimate of drug-likeness (QED) is 0.394. The van der Waals surface area contributed by atoms with Gasteiger partial charge in [0, 0.05) is 6.07 Å². The number of nitrogens with one attached hydrogen (secondary N) is 1. The molecule has 1 aromatic rings. The van der Waals surface area contributed by atoms with E-state index in [1.165, 1.54) is 24.3 Å². The van der Waals surface area contributed by atoms with E-state index in [0.717, 1.165) is 0 Å². The Morgan fingerprint density at radius 1 is 1.29 bits per heavy atom. The van der Waals surface area contributed by atoms with Gasteiger partial charge in [-0.15, -0.1) is 0 Å². The zero-order chi connectivity index (χ0) is 16.0. The van der Waals surface area contributed by atoms with Crippen molar-refractivity contribution in [3.05, 3.63) is 34.4 Å². The second kappa shape index (κ2) is 6.69. The fourth-order valence-electron chi connectivity index (χ4n) is 1.31. The molecule has 0 spiro atoms. The predicted molar refractivity (Wildman–Crippen MR) is 73.0 cm³/mol. The molecule has 0 unspecified atom stereocenters. The highest BCUT2D eigenvalue weighted by molar-refractivity contribution is 5.80. The van der Waals surface area contributed by atoms with E-state index < -0.39 is 29.1 Å². The zero-order valence-corrected chi connectivity index (χ0v) is 11.9. The van der Waals surface area contributed by atoms with E-state index in [0.29, 0.717) is 0 Å². The van der Waals surface area contributed by atoms with Gasteiger partial charge in [0.05, 0.1) is 4.92 Å². The van der Waals surface area contributed by atoms with Crippen LogP contribution in [0.3, 0.4) is 0 Å². The number of esters is 1. The van der Waals surface area contributed by atoms with E-state index in [2.05, 4.69) is 5.32 Å². The number of alkyl carbamates (subject to hydrolysis) is 1. The lowest BCUT2D eigenvalue weighted by Gasteiger charge is -2.19. The number of carbonyl (C=O) groups excluding carboxylic acids is 2. The summed E-state index contributed by atoms with van der Waals surface area (Å²) in [5.74, 6) is -1.02. The van der Waals surface area contributed by atoms with Gasteiger partial charge in [-0.3, -0.25) is 10.1 Å². The molecule has 0 fully saturated rings. The molecule has 0 radical (unpaired) electrons. The second-order valence-corrected chi connectivity index (χ2v) is 5.05. The minimum atomic E-state index is -0.838. The summed E-state index contributed by atoms with van der Waals surface area (Å²) in [6, 6.07) is 5.46. The van der Waals surface area contributed by atoms with Gasteiger partial charge in [0.25, 0.3) is 0 Å². The van der Waals surface area contributed by atoms with Gasteiger partial charge in [0.2, 0.25) is 5.75 Å². The molecule has 21 heavy (non-hydrogen) atoms. The molecule has 8 heteroatoms. The summed E-state index contributed by atoms with van der Waals surface area (Å²) >= 11 is 0. The highest BCUT2D eigenvalue weighted by atomic mass is 16.6. The van der Waals surface area contributed by atoms with Crippen LogP contribution in [0.1, 0.15) is 20.8 Å². The van der Waals surface area contributed by atoms with Gasteiger partial charge in [-0.05, 0) is 26.8 Å². The minimum Gasteiger partial charge on any atom is -0.444 e. The van der Waals surface area contributed by atoms with Crippen molar-refractivity contribution in [2.75, 3.05) is 6.54 Å². The van der Waals surface area contributed by atoms with Crippen LogP contribution in [-0.2, 0) is 9.53 Å². The summed E-state index contributed by atoms with van der Waals surface area (Å²) in [6.07, 6.45) is -0.776. The Morgan fingerprint density at radius 2 is 1.90 bits per heavy atom. The van der Waals surface area contributed by atoms with Gasteiger partial charge < -0.3 is 14.8 Å². The highest BCUT2D eigenvalue weighted by Gasteiger charge is 2.19. The Labute approximate surface area is 121 Å². The number of para-hydroxylation sites is 2. The Balaban J connectivity index is 2.55. The number of amides is 1. The van der Waals surface area contributed by atoms with E-state index in [1.807, 2.05) is 0 Å². The van der Waals surface area contributed by atoms with Gasteiger partial charge in [-0.1, -0.05) is 12.1 Å². The number of nitro groups is 1. The van der Waals surface area contributed by atoms with Gasteiger partial charge in [0.1, 0.15) is 12.1 Å². The zero-order valence-electron chi connectivity index (χ0n) is 11.9. The molecule has 1 rings (SSSR count). The third-order valence-corrected chi connectivity index (χ3v) is 2.06. The molecule has 0 aromatic heterocycles. The molecule has 0 saturated carbocycles. The van der Waals surface area contributed by atoms with Gasteiger partial charge in [-0.2, -0.15) is 0 Å². The van der Waals surface area contributed by atoms with Gasteiger partial charge >= 0.3 is 17.7 Å². The number of hydrogen-bond donors (Lipinski definition) is 1. The van der Waals surface area contributed by atoms with Crippen LogP contribution in [0.25, 0.3) is 0 Å². The molecule has 0 aliphatic rings. The lowest BCUT2D eigenvalue weighted by Crippen LogP contribution is -2.36. The number of nitrogens with zero attached hydrogens (tertiary/aromatic N) is 1. The highest BCUT2D eigenvalue weighted by Crippen LogP contribution is 2.25. The molecule has 0 atom stereocenters.